The largest absolute Gasteiger partial charge is 0.296 e. The molecule has 1 fully saturated rings. The zero-order valence-corrected chi connectivity index (χ0v) is 18.8. The Kier molecular flexibility index (Phi) is 5.39. The number of nitrogens with one attached hydrogen (secondary N) is 1. The summed E-state index contributed by atoms with van der Waals surface area (Å²) >= 11 is 0. The Balaban J connectivity index is 1.27. The summed E-state index contributed by atoms with van der Waals surface area (Å²) in [6.07, 6.45) is 2.50. The van der Waals surface area contributed by atoms with Crippen LogP contribution in [0.1, 0.15) is 57.7 Å². The molecule has 0 aliphatic carbocycles. The van der Waals surface area contributed by atoms with E-state index in [9.17, 15) is 18.0 Å². The van der Waals surface area contributed by atoms with Gasteiger partial charge in [-0.15, -0.1) is 0 Å². The molecule has 3 unspecified atom stereocenters. The average molecular weight is 454 g/mol. The summed E-state index contributed by atoms with van der Waals surface area (Å²) in [4.78, 5) is 28.9. The third-order valence-electron chi connectivity index (χ3n) is 6.87. The molecular formula is C24H27N3O4S. The van der Waals surface area contributed by atoms with Crippen LogP contribution in [0.4, 0.5) is 0 Å². The number of imide groups is 1. The van der Waals surface area contributed by atoms with Crippen LogP contribution >= 0.6 is 0 Å². The second-order valence-corrected chi connectivity index (χ2v) is 10.8. The summed E-state index contributed by atoms with van der Waals surface area (Å²) in [6, 6.07) is 14.3. The van der Waals surface area contributed by atoms with Gasteiger partial charge in [-0.3, -0.25) is 19.4 Å². The van der Waals surface area contributed by atoms with Crippen LogP contribution in [0.3, 0.4) is 0 Å². The molecule has 1 saturated heterocycles. The SMILES string of the molecule is CC(CS(=O)(=O)NC1CCN2CCc3ccccc3C2C1)N1C(=O)c2ccccc2C1=O. The van der Waals surface area contributed by atoms with Crippen LogP contribution in [-0.4, -0.2) is 61.0 Å². The highest BCUT2D eigenvalue weighted by atomic mass is 32.2. The van der Waals surface area contributed by atoms with Crippen LogP contribution in [0, 0.1) is 0 Å². The van der Waals surface area contributed by atoms with E-state index >= 15 is 0 Å². The van der Waals surface area contributed by atoms with Crippen molar-refractivity contribution in [2.45, 2.75) is 44.3 Å². The lowest BCUT2D eigenvalue weighted by molar-refractivity contribution is 0.0611. The molecule has 0 spiro atoms. The highest BCUT2D eigenvalue weighted by Crippen LogP contribution is 2.36. The fourth-order valence-corrected chi connectivity index (χ4v) is 6.97. The van der Waals surface area contributed by atoms with Crippen molar-refractivity contribution < 1.29 is 18.0 Å². The highest BCUT2D eigenvalue weighted by molar-refractivity contribution is 7.89. The predicted molar refractivity (Wildman–Crippen MR) is 121 cm³/mol. The van der Waals surface area contributed by atoms with E-state index in [4.69, 9.17) is 0 Å². The number of nitrogens with zero attached hydrogens (tertiary/aromatic N) is 2. The molecule has 1 N–H and O–H groups in total. The monoisotopic (exact) mass is 453 g/mol. The number of hydrogen-bond donors (Lipinski definition) is 1. The lowest BCUT2D eigenvalue weighted by Gasteiger charge is -2.43. The summed E-state index contributed by atoms with van der Waals surface area (Å²) in [7, 11) is -3.68. The number of piperidine rings is 1. The summed E-state index contributed by atoms with van der Waals surface area (Å²) in [6.45, 7) is 3.46. The summed E-state index contributed by atoms with van der Waals surface area (Å²) in [5, 5.41) is 0. The van der Waals surface area contributed by atoms with Crippen LogP contribution in [0.15, 0.2) is 48.5 Å². The molecule has 2 aromatic rings. The number of benzene rings is 2. The van der Waals surface area contributed by atoms with Gasteiger partial charge in [0.25, 0.3) is 11.8 Å². The molecule has 2 amide bonds. The van der Waals surface area contributed by atoms with Gasteiger partial charge >= 0.3 is 0 Å². The molecule has 2 aromatic carbocycles. The molecule has 32 heavy (non-hydrogen) atoms. The number of fused-ring (bicyclic) bond motifs is 4. The summed E-state index contributed by atoms with van der Waals surface area (Å²) in [5.41, 5.74) is 3.30. The van der Waals surface area contributed by atoms with Crippen LogP contribution in [0.5, 0.6) is 0 Å². The average Bonchev–Trinajstić information content (AvgIpc) is 3.03. The maximum atomic E-state index is 13.0. The fourth-order valence-electron chi connectivity index (χ4n) is 5.37. The van der Waals surface area contributed by atoms with E-state index < -0.39 is 27.9 Å². The standard InChI is InChI=1S/C24H27N3O4S/c1-16(27-23(28)20-8-4-5-9-21(20)24(27)29)15-32(30,31)25-18-11-13-26-12-10-17-6-2-3-7-19(17)22(26)14-18/h2-9,16,18,22,25H,10-15H2,1H3. The summed E-state index contributed by atoms with van der Waals surface area (Å²) in [5.74, 6) is -1.17. The molecule has 0 radical (unpaired) electrons. The van der Waals surface area contributed by atoms with Gasteiger partial charge in [0.05, 0.1) is 22.9 Å². The van der Waals surface area contributed by atoms with Gasteiger partial charge < -0.3 is 0 Å². The first-order valence-electron chi connectivity index (χ1n) is 11.1. The van der Waals surface area contributed by atoms with Crippen LogP contribution in [0.2, 0.25) is 0 Å². The topological polar surface area (TPSA) is 86.8 Å². The second kappa shape index (κ2) is 8.10. The molecule has 5 rings (SSSR count). The van der Waals surface area contributed by atoms with E-state index in [2.05, 4.69) is 27.8 Å². The van der Waals surface area contributed by atoms with Crippen molar-refractivity contribution >= 4 is 21.8 Å². The Morgan fingerprint density at radius 1 is 1.00 bits per heavy atom. The quantitative estimate of drug-likeness (QED) is 0.703. The molecule has 7 nitrogen and oxygen atoms in total. The van der Waals surface area contributed by atoms with E-state index in [1.54, 1.807) is 31.2 Å². The van der Waals surface area contributed by atoms with Crippen molar-refractivity contribution in [2.75, 3.05) is 18.8 Å². The molecule has 168 valence electrons. The highest BCUT2D eigenvalue weighted by Gasteiger charge is 2.40. The minimum absolute atomic E-state index is 0.165. The van der Waals surface area contributed by atoms with Gasteiger partial charge in [0.15, 0.2) is 0 Å². The molecule has 0 bridgehead atoms. The van der Waals surface area contributed by atoms with Crippen molar-refractivity contribution in [1.82, 2.24) is 14.5 Å². The van der Waals surface area contributed by atoms with E-state index in [-0.39, 0.29) is 17.8 Å². The van der Waals surface area contributed by atoms with E-state index in [0.29, 0.717) is 11.1 Å². The third-order valence-corrected chi connectivity index (χ3v) is 8.48. The Labute approximate surface area is 188 Å². The molecule has 3 atom stereocenters. The van der Waals surface area contributed by atoms with Gasteiger partial charge in [0, 0.05) is 25.2 Å². The van der Waals surface area contributed by atoms with Gasteiger partial charge in [-0.1, -0.05) is 36.4 Å². The minimum atomic E-state index is -3.68. The Bertz CT molecular complexity index is 1140. The second-order valence-electron chi connectivity index (χ2n) is 9.00. The van der Waals surface area contributed by atoms with Crippen molar-refractivity contribution in [3.63, 3.8) is 0 Å². The Hall–Kier alpha value is -2.55. The van der Waals surface area contributed by atoms with Gasteiger partial charge in [-0.05, 0) is 49.4 Å². The molecule has 3 aliphatic heterocycles. The van der Waals surface area contributed by atoms with Crippen molar-refractivity contribution in [3.05, 3.63) is 70.8 Å². The molecule has 8 heteroatoms. The van der Waals surface area contributed by atoms with Crippen LogP contribution < -0.4 is 4.72 Å². The molecular weight excluding hydrogens is 426 g/mol. The van der Waals surface area contributed by atoms with E-state index in [1.165, 1.54) is 11.1 Å². The Morgan fingerprint density at radius 2 is 1.66 bits per heavy atom. The van der Waals surface area contributed by atoms with Gasteiger partial charge in [-0.2, -0.15) is 0 Å². The maximum Gasteiger partial charge on any atom is 0.261 e. The molecule has 3 aliphatic rings. The number of carbonyl (C=O) groups excluding carboxylic acids is 2. The lowest BCUT2D eigenvalue weighted by Crippen LogP contribution is -2.50. The van der Waals surface area contributed by atoms with Crippen molar-refractivity contribution in [2.24, 2.45) is 0 Å². The molecule has 3 heterocycles. The van der Waals surface area contributed by atoms with Crippen LogP contribution in [0.25, 0.3) is 0 Å². The van der Waals surface area contributed by atoms with Gasteiger partial charge in [-0.25, -0.2) is 13.1 Å². The first-order chi connectivity index (χ1) is 15.3. The van der Waals surface area contributed by atoms with Gasteiger partial charge in [0.2, 0.25) is 10.0 Å². The smallest absolute Gasteiger partial charge is 0.261 e. The third kappa shape index (κ3) is 3.76. The zero-order chi connectivity index (χ0) is 22.5. The van der Waals surface area contributed by atoms with Crippen LogP contribution in [-0.2, 0) is 16.4 Å². The molecule has 0 saturated carbocycles. The first-order valence-corrected chi connectivity index (χ1v) is 12.8. The first kappa shape index (κ1) is 21.3. The minimum Gasteiger partial charge on any atom is -0.296 e. The maximum absolute atomic E-state index is 13.0. The zero-order valence-electron chi connectivity index (χ0n) is 18.0. The van der Waals surface area contributed by atoms with Crippen molar-refractivity contribution in [3.8, 4) is 0 Å². The molecule has 0 aromatic heterocycles. The van der Waals surface area contributed by atoms with E-state index in [1.807, 2.05) is 6.07 Å². The summed E-state index contributed by atoms with van der Waals surface area (Å²) < 4.78 is 28.8. The van der Waals surface area contributed by atoms with Crippen molar-refractivity contribution in [1.29, 1.82) is 0 Å². The Morgan fingerprint density at radius 3 is 2.38 bits per heavy atom. The fraction of sp³-hybridized carbons (Fsp3) is 0.417. The number of amides is 2. The lowest BCUT2D eigenvalue weighted by atomic mass is 9.85. The van der Waals surface area contributed by atoms with E-state index in [0.717, 1.165) is 37.3 Å². The number of rotatable bonds is 5. The number of hydrogen-bond acceptors (Lipinski definition) is 5. The number of carbonyl (C=O) groups is 2. The number of sulfonamides is 1. The normalized spacial score (nSPS) is 24.1. The van der Waals surface area contributed by atoms with Gasteiger partial charge in [0.1, 0.15) is 0 Å². The predicted octanol–water partition coefficient (Wildman–Crippen LogP) is 2.35.